The second kappa shape index (κ2) is 8.08. The maximum absolute atomic E-state index is 13.7. The van der Waals surface area contributed by atoms with E-state index >= 15 is 0 Å². The summed E-state index contributed by atoms with van der Waals surface area (Å²) in [7, 11) is 1.75. The summed E-state index contributed by atoms with van der Waals surface area (Å²) >= 11 is 0. The van der Waals surface area contributed by atoms with Crippen molar-refractivity contribution in [2.45, 2.75) is 38.3 Å². The van der Waals surface area contributed by atoms with Crippen LogP contribution >= 0.6 is 0 Å². The van der Waals surface area contributed by atoms with Gasteiger partial charge < -0.3 is 10.2 Å². The van der Waals surface area contributed by atoms with Crippen molar-refractivity contribution in [1.29, 1.82) is 0 Å². The Morgan fingerprint density at radius 2 is 2.04 bits per heavy atom. The average Bonchev–Trinajstić information content (AvgIpc) is 3.12. The minimum Gasteiger partial charge on any atom is -0.340 e. The molecule has 5 heteroatoms. The Labute approximate surface area is 144 Å². The highest BCUT2D eigenvalue weighted by atomic mass is 19.1. The standard InChI is InChI=1S/C19H28FN3O/c1-22(13-16-5-2-3-6-17(16)20)19(24)14-23-11-8-15(9-12-23)18-7-4-10-21-18/h2-3,5-6,15,18,21H,4,7-14H2,1H3. The van der Waals surface area contributed by atoms with Crippen LogP contribution in [0.15, 0.2) is 24.3 Å². The van der Waals surface area contributed by atoms with Crippen molar-refractivity contribution in [1.82, 2.24) is 15.1 Å². The monoisotopic (exact) mass is 333 g/mol. The largest absolute Gasteiger partial charge is 0.340 e. The molecule has 132 valence electrons. The molecule has 0 aliphatic carbocycles. The Kier molecular flexibility index (Phi) is 5.85. The van der Waals surface area contributed by atoms with Crippen LogP contribution in [0.1, 0.15) is 31.2 Å². The number of hydrogen-bond acceptors (Lipinski definition) is 3. The molecular formula is C19H28FN3O. The van der Waals surface area contributed by atoms with Crippen LogP contribution in [0.2, 0.25) is 0 Å². The van der Waals surface area contributed by atoms with Gasteiger partial charge in [-0.3, -0.25) is 9.69 Å². The second-order valence-corrected chi connectivity index (χ2v) is 7.16. The lowest BCUT2D eigenvalue weighted by atomic mass is 9.88. The first-order valence-electron chi connectivity index (χ1n) is 9.06. The summed E-state index contributed by atoms with van der Waals surface area (Å²) in [5.41, 5.74) is 0.569. The summed E-state index contributed by atoms with van der Waals surface area (Å²) in [4.78, 5) is 16.3. The first kappa shape index (κ1) is 17.4. The predicted molar refractivity (Wildman–Crippen MR) is 93.1 cm³/mol. The number of likely N-dealkylation sites (N-methyl/N-ethyl adjacent to an activating group) is 1. The first-order chi connectivity index (χ1) is 11.6. The summed E-state index contributed by atoms with van der Waals surface area (Å²) in [5.74, 6) is 0.577. The van der Waals surface area contributed by atoms with Crippen LogP contribution in [0.3, 0.4) is 0 Å². The Balaban J connectivity index is 1.44. The predicted octanol–water partition coefficient (Wildman–Crippen LogP) is 2.25. The van der Waals surface area contributed by atoms with Gasteiger partial charge in [-0.05, 0) is 57.3 Å². The zero-order chi connectivity index (χ0) is 16.9. The Morgan fingerprint density at radius 1 is 1.29 bits per heavy atom. The van der Waals surface area contributed by atoms with Crippen LogP contribution in [-0.2, 0) is 11.3 Å². The van der Waals surface area contributed by atoms with Gasteiger partial charge in [-0.1, -0.05) is 18.2 Å². The number of likely N-dealkylation sites (tertiary alicyclic amines) is 1. The van der Waals surface area contributed by atoms with Crippen LogP contribution < -0.4 is 5.32 Å². The number of hydrogen-bond donors (Lipinski definition) is 1. The third-order valence-electron chi connectivity index (χ3n) is 5.45. The quantitative estimate of drug-likeness (QED) is 0.898. The fourth-order valence-corrected chi connectivity index (χ4v) is 3.91. The van der Waals surface area contributed by atoms with E-state index in [-0.39, 0.29) is 11.7 Å². The summed E-state index contributed by atoms with van der Waals surface area (Å²) in [5, 5.41) is 3.60. The maximum Gasteiger partial charge on any atom is 0.236 e. The highest BCUT2D eigenvalue weighted by Gasteiger charge is 2.29. The summed E-state index contributed by atoms with van der Waals surface area (Å²) in [6.07, 6.45) is 4.93. The Bertz CT molecular complexity index is 551. The van der Waals surface area contributed by atoms with E-state index in [9.17, 15) is 9.18 Å². The number of nitrogens with zero attached hydrogens (tertiary/aromatic N) is 2. The first-order valence-corrected chi connectivity index (χ1v) is 9.06. The highest BCUT2D eigenvalue weighted by Crippen LogP contribution is 2.25. The molecule has 1 atom stereocenters. The van der Waals surface area contributed by atoms with Gasteiger partial charge >= 0.3 is 0 Å². The van der Waals surface area contributed by atoms with Crippen molar-refractivity contribution in [3.63, 3.8) is 0 Å². The van der Waals surface area contributed by atoms with E-state index in [1.54, 1.807) is 30.1 Å². The number of carbonyl (C=O) groups excluding carboxylic acids is 1. The van der Waals surface area contributed by atoms with E-state index in [1.807, 2.05) is 0 Å². The molecule has 24 heavy (non-hydrogen) atoms. The number of rotatable bonds is 5. The van der Waals surface area contributed by atoms with Crippen LogP contribution in [-0.4, -0.2) is 55.0 Å². The molecule has 3 rings (SSSR count). The van der Waals surface area contributed by atoms with E-state index < -0.39 is 0 Å². The minimum absolute atomic E-state index is 0.0655. The molecule has 2 heterocycles. The van der Waals surface area contributed by atoms with E-state index in [0.29, 0.717) is 24.7 Å². The molecule has 1 N–H and O–H groups in total. The normalized spacial score (nSPS) is 22.7. The molecule has 2 fully saturated rings. The van der Waals surface area contributed by atoms with Crippen molar-refractivity contribution >= 4 is 5.91 Å². The van der Waals surface area contributed by atoms with Crippen molar-refractivity contribution in [2.75, 3.05) is 33.2 Å². The van der Waals surface area contributed by atoms with Crippen LogP contribution in [0, 0.1) is 11.7 Å². The third kappa shape index (κ3) is 4.33. The Hall–Kier alpha value is -1.46. The molecule has 2 aliphatic heterocycles. The van der Waals surface area contributed by atoms with Gasteiger partial charge in [0.05, 0.1) is 6.54 Å². The average molecular weight is 333 g/mol. The van der Waals surface area contributed by atoms with E-state index in [0.717, 1.165) is 25.6 Å². The van der Waals surface area contributed by atoms with Gasteiger partial charge in [0.25, 0.3) is 0 Å². The SMILES string of the molecule is CN(Cc1ccccc1F)C(=O)CN1CCC(C2CCCN2)CC1. The van der Waals surface area contributed by atoms with Gasteiger partial charge in [-0.25, -0.2) is 4.39 Å². The van der Waals surface area contributed by atoms with Crippen LogP contribution in [0.25, 0.3) is 0 Å². The van der Waals surface area contributed by atoms with Gasteiger partial charge in [0.2, 0.25) is 5.91 Å². The molecule has 0 radical (unpaired) electrons. The molecule has 0 bridgehead atoms. The van der Waals surface area contributed by atoms with E-state index in [2.05, 4.69) is 10.2 Å². The number of carbonyl (C=O) groups is 1. The molecular weight excluding hydrogens is 305 g/mol. The van der Waals surface area contributed by atoms with Gasteiger partial charge in [-0.15, -0.1) is 0 Å². The lowest BCUT2D eigenvalue weighted by molar-refractivity contribution is -0.132. The smallest absolute Gasteiger partial charge is 0.236 e. The molecule has 2 saturated heterocycles. The summed E-state index contributed by atoms with van der Waals surface area (Å²) in [6.45, 7) is 3.90. The zero-order valence-corrected chi connectivity index (χ0v) is 14.5. The third-order valence-corrected chi connectivity index (χ3v) is 5.45. The van der Waals surface area contributed by atoms with E-state index in [4.69, 9.17) is 0 Å². The number of halogens is 1. The van der Waals surface area contributed by atoms with Gasteiger partial charge in [-0.2, -0.15) is 0 Å². The number of amides is 1. The van der Waals surface area contributed by atoms with Gasteiger partial charge in [0.15, 0.2) is 0 Å². The molecule has 0 aromatic heterocycles. The molecule has 1 aromatic rings. The molecule has 0 spiro atoms. The molecule has 1 aromatic carbocycles. The number of piperidine rings is 1. The fourth-order valence-electron chi connectivity index (χ4n) is 3.91. The minimum atomic E-state index is -0.248. The second-order valence-electron chi connectivity index (χ2n) is 7.16. The Morgan fingerprint density at radius 3 is 2.71 bits per heavy atom. The summed E-state index contributed by atoms with van der Waals surface area (Å²) in [6, 6.07) is 7.34. The zero-order valence-electron chi connectivity index (χ0n) is 14.5. The van der Waals surface area contributed by atoms with Gasteiger partial charge in [0, 0.05) is 25.2 Å². The topological polar surface area (TPSA) is 35.6 Å². The number of benzene rings is 1. The van der Waals surface area contributed by atoms with Crippen molar-refractivity contribution in [3.8, 4) is 0 Å². The van der Waals surface area contributed by atoms with Crippen LogP contribution in [0.4, 0.5) is 4.39 Å². The molecule has 1 unspecified atom stereocenters. The van der Waals surface area contributed by atoms with Crippen molar-refractivity contribution in [2.24, 2.45) is 5.92 Å². The number of nitrogens with one attached hydrogen (secondary N) is 1. The van der Waals surface area contributed by atoms with Crippen molar-refractivity contribution in [3.05, 3.63) is 35.6 Å². The van der Waals surface area contributed by atoms with Crippen LogP contribution in [0.5, 0.6) is 0 Å². The van der Waals surface area contributed by atoms with E-state index in [1.165, 1.54) is 31.7 Å². The summed E-state index contributed by atoms with van der Waals surface area (Å²) < 4.78 is 13.7. The molecule has 4 nitrogen and oxygen atoms in total. The molecule has 1 amide bonds. The molecule has 2 aliphatic rings. The lowest BCUT2D eigenvalue weighted by Crippen LogP contribution is -2.45. The lowest BCUT2D eigenvalue weighted by Gasteiger charge is -2.35. The van der Waals surface area contributed by atoms with Gasteiger partial charge in [0.1, 0.15) is 5.82 Å². The fraction of sp³-hybridized carbons (Fsp3) is 0.632. The highest BCUT2D eigenvalue weighted by molar-refractivity contribution is 5.78. The maximum atomic E-state index is 13.7. The molecule has 0 saturated carbocycles. The van der Waals surface area contributed by atoms with Crippen molar-refractivity contribution < 1.29 is 9.18 Å².